The number of tetrazole rings is 1. The molecular formula is C15H15N5OS. The van der Waals surface area contributed by atoms with E-state index in [4.69, 9.17) is 0 Å². The largest absolute Gasteiger partial charge is 0.322 e. The molecule has 3 aromatic rings. The van der Waals surface area contributed by atoms with Crippen LogP contribution in [0, 0.1) is 6.92 Å². The van der Waals surface area contributed by atoms with Gasteiger partial charge < -0.3 is 5.32 Å². The van der Waals surface area contributed by atoms with Crippen molar-refractivity contribution in [2.24, 2.45) is 0 Å². The molecule has 0 fully saturated rings. The first-order valence-corrected chi connectivity index (χ1v) is 7.79. The Morgan fingerprint density at radius 1 is 1.41 bits per heavy atom. The number of aromatic amines is 1. The fourth-order valence-electron chi connectivity index (χ4n) is 2.33. The Kier molecular flexibility index (Phi) is 3.97. The summed E-state index contributed by atoms with van der Waals surface area (Å²) in [6, 6.07) is 7.38. The number of hydrogen-bond donors (Lipinski definition) is 2. The summed E-state index contributed by atoms with van der Waals surface area (Å²) in [5.41, 5.74) is 3.36. The Hall–Kier alpha value is -2.54. The molecule has 22 heavy (non-hydrogen) atoms. The van der Waals surface area contributed by atoms with E-state index in [0.717, 1.165) is 23.1 Å². The van der Waals surface area contributed by atoms with Gasteiger partial charge in [0.1, 0.15) is 0 Å². The molecule has 2 aromatic heterocycles. The maximum Gasteiger partial charge on any atom is 0.256 e. The van der Waals surface area contributed by atoms with Crippen molar-refractivity contribution in [1.82, 2.24) is 20.6 Å². The summed E-state index contributed by atoms with van der Waals surface area (Å²) in [7, 11) is 0. The number of amides is 1. The van der Waals surface area contributed by atoms with Crippen molar-refractivity contribution in [1.29, 1.82) is 0 Å². The molecule has 1 aromatic carbocycles. The molecule has 1 amide bonds. The van der Waals surface area contributed by atoms with Crippen LogP contribution in [0.5, 0.6) is 0 Å². The van der Waals surface area contributed by atoms with E-state index in [1.54, 1.807) is 11.3 Å². The average Bonchev–Trinajstić information content (AvgIpc) is 3.16. The van der Waals surface area contributed by atoms with Crippen LogP contribution in [-0.2, 0) is 6.42 Å². The first-order valence-electron chi connectivity index (χ1n) is 6.91. The second-order valence-corrected chi connectivity index (χ2v) is 5.89. The summed E-state index contributed by atoms with van der Waals surface area (Å²) in [4.78, 5) is 13.6. The molecule has 112 valence electrons. The van der Waals surface area contributed by atoms with Gasteiger partial charge in [-0.1, -0.05) is 19.1 Å². The maximum absolute atomic E-state index is 12.5. The Morgan fingerprint density at radius 2 is 2.27 bits per heavy atom. The highest BCUT2D eigenvalue weighted by atomic mass is 32.1. The lowest BCUT2D eigenvalue weighted by atomic mass is 10.1. The molecule has 7 heteroatoms. The molecule has 3 rings (SSSR count). The summed E-state index contributed by atoms with van der Waals surface area (Å²) in [5, 5.41) is 18.7. The Labute approximate surface area is 131 Å². The fourth-order valence-corrected chi connectivity index (χ4v) is 3.27. The highest BCUT2D eigenvalue weighted by Crippen LogP contribution is 2.24. The van der Waals surface area contributed by atoms with Gasteiger partial charge in [-0.2, -0.15) is 5.21 Å². The zero-order valence-electron chi connectivity index (χ0n) is 12.3. The van der Waals surface area contributed by atoms with Gasteiger partial charge in [0.15, 0.2) is 0 Å². The van der Waals surface area contributed by atoms with Crippen molar-refractivity contribution in [3.8, 4) is 11.4 Å². The lowest BCUT2D eigenvalue weighted by molar-refractivity contribution is 0.102. The van der Waals surface area contributed by atoms with E-state index in [0.29, 0.717) is 11.5 Å². The van der Waals surface area contributed by atoms with Gasteiger partial charge in [0.05, 0.1) is 5.56 Å². The van der Waals surface area contributed by atoms with Gasteiger partial charge in [-0.25, -0.2) is 0 Å². The SMILES string of the molecule is CCc1c(C(=O)Nc2cccc(-c3nn[nH]n3)c2)csc1C. The summed E-state index contributed by atoms with van der Waals surface area (Å²) in [6.07, 6.45) is 0.848. The fraction of sp³-hybridized carbons (Fsp3) is 0.200. The Bertz CT molecular complexity index is 794. The molecule has 0 bridgehead atoms. The molecule has 0 unspecified atom stereocenters. The number of anilines is 1. The predicted molar refractivity (Wildman–Crippen MR) is 86.0 cm³/mol. The normalized spacial score (nSPS) is 10.6. The zero-order chi connectivity index (χ0) is 15.5. The van der Waals surface area contributed by atoms with Crippen LogP contribution in [0.15, 0.2) is 29.6 Å². The van der Waals surface area contributed by atoms with Crippen molar-refractivity contribution in [2.45, 2.75) is 20.3 Å². The minimum absolute atomic E-state index is 0.0912. The Balaban J connectivity index is 1.84. The highest BCUT2D eigenvalue weighted by molar-refractivity contribution is 7.10. The van der Waals surface area contributed by atoms with E-state index >= 15 is 0 Å². The summed E-state index contributed by atoms with van der Waals surface area (Å²) < 4.78 is 0. The molecule has 0 aliphatic rings. The third-order valence-corrected chi connectivity index (χ3v) is 4.38. The van der Waals surface area contributed by atoms with Crippen LogP contribution in [0.25, 0.3) is 11.4 Å². The first-order chi connectivity index (χ1) is 10.7. The molecule has 0 spiro atoms. The third-order valence-electron chi connectivity index (χ3n) is 3.43. The van der Waals surface area contributed by atoms with Gasteiger partial charge in [0.2, 0.25) is 5.82 Å². The number of nitrogens with zero attached hydrogens (tertiary/aromatic N) is 3. The van der Waals surface area contributed by atoms with Crippen LogP contribution in [0.3, 0.4) is 0 Å². The van der Waals surface area contributed by atoms with Crippen molar-refractivity contribution >= 4 is 22.9 Å². The van der Waals surface area contributed by atoms with Gasteiger partial charge in [0, 0.05) is 21.5 Å². The lowest BCUT2D eigenvalue weighted by Crippen LogP contribution is -2.13. The van der Waals surface area contributed by atoms with Crippen molar-refractivity contribution in [3.05, 3.63) is 45.6 Å². The molecule has 2 heterocycles. The number of H-pyrrole nitrogens is 1. The van der Waals surface area contributed by atoms with Gasteiger partial charge in [0.25, 0.3) is 5.91 Å². The van der Waals surface area contributed by atoms with E-state index in [1.807, 2.05) is 36.6 Å². The predicted octanol–water partition coefficient (Wildman–Crippen LogP) is 3.05. The average molecular weight is 313 g/mol. The van der Waals surface area contributed by atoms with E-state index in [9.17, 15) is 4.79 Å². The minimum Gasteiger partial charge on any atom is -0.322 e. The standard InChI is InChI=1S/C15H15N5OS/c1-3-12-9(2)22-8-13(12)15(21)16-11-6-4-5-10(7-11)14-17-19-20-18-14/h4-8H,3H2,1-2H3,(H,16,21)(H,17,18,19,20). The molecule has 0 saturated carbocycles. The van der Waals surface area contributed by atoms with Crippen molar-refractivity contribution < 1.29 is 4.79 Å². The molecule has 0 aliphatic heterocycles. The molecule has 0 radical (unpaired) electrons. The zero-order valence-corrected chi connectivity index (χ0v) is 13.1. The number of aryl methyl sites for hydroxylation is 1. The van der Waals surface area contributed by atoms with E-state index in [1.165, 1.54) is 4.88 Å². The second kappa shape index (κ2) is 6.07. The van der Waals surface area contributed by atoms with Crippen LogP contribution < -0.4 is 5.32 Å². The van der Waals surface area contributed by atoms with Gasteiger partial charge in [-0.15, -0.1) is 21.5 Å². The van der Waals surface area contributed by atoms with E-state index in [-0.39, 0.29) is 5.91 Å². The van der Waals surface area contributed by atoms with Gasteiger partial charge in [-0.05, 0) is 36.3 Å². The molecule has 0 saturated heterocycles. The summed E-state index contributed by atoms with van der Waals surface area (Å²) in [5.74, 6) is 0.406. The smallest absolute Gasteiger partial charge is 0.256 e. The molecule has 0 atom stereocenters. The maximum atomic E-state index is 12.5. The van der Waals surface area contributed by atoms with Crippen LogP contribution >= 0.6 is 11.3 Å². The number of rotatable bonds is 4. The van der Waals surface area contributed by atoms with Gasteiger partial charge >= 0.3 is 0 Å². The third kappa shape index (κ3) is 2.75. The molecule has 0 aliphatic carbocycles. The van der Waals surface area contributed by atoms with E-state index < -0.39 is 0 Å². The first kappa shape index (κ1) is 14.4. The van der Waals surface area contributed by atoms with Crippen LogP contribution in [0.4, 0.5) is 5.69 Å². The number of aromatic nitrogens is 4. The summed E-state index contributed by atoms with van der Waals surface area (Å²) in [6.45, 7) is 4.10. The molecule has 2 N–H and O–H groups in total. The topological polar surface area (TPSA) is 83.6 Å². The van der Waals surface area contributed by atoms with E-state index in [2.05, 4.69) is 32.9 Å². The number of hydrogen-bond acceptors (Lipinski definition) is 5. The Morgan fingerprint density at radius 3 is 3.00 bits per heavy atom. The number of nitrogens with one attached hydrogen (secondary N) is 2. The number of carbonyl (C=O) groups excluding carboxylic acids is 1. The molecule has 6 nitrogen and oxygen atoms in total. The molecular weight excluding hydrogens is 298 g/mol. The van der Waals surface area contributed by atoms with Crippen molar-refractivity contribution in [3.63, 3.8) is 0 Å². The monoisotopic (exact) mass is 313 g/mol. The lowest BCUT2D eigenvalue weighted by Gasteiger charge is -2.07. The van der Waals surface area contributed by atoms with Crippen LogP contribution in [0.2, 0.25) is 0 Å². The quantitative estimate of drug-likeness (QED) is 0.775. The number of benzene rings is 1. The van der Waals surface area contributed by atoms with Crippen LogP contribution in [0.1, 0.15) is 27.7 Å². The number of thiophene rings is 1. The number of carbonyl (C=O) groups is 1. The summed E-state index contributed by atoms with van der Waals surface area (Å²) >= 11 is 1.60. The minimum atomic E-state index is -0.0912. The van der Waals surface area contributed by atoms with Crippen molar-refractivity contribution in [2.75, 3.05) is 5.32 Å². The van der Waals surface area contributed by atoms with Crippen LogP contribution in [-0.4, -0.2) is 26.5 Å². The highest BCUT2D eigenvalue weighted by Gasteiger charge is 2.15. The second-order valence-electron chi connectivity index (χ2n) is 4.81. The van der Waals surface area contributed by atoms with Gasteiger partial charge in [-0.3, -0.25) is 4.79 Å².